The fourth-order valence-corrected chi connectivity index (χ4v) is 20.3. The van der Waals surface area contributed by atoms with Crippen molar-refractivity contribution < 1.29 is 0 Å². The summed E-state index contributed by atoms with van der Waals surface area (Å²) in [5.74, 6) is 1.81. The topological polar surface area (TPSA) is 43.6 Å². The molecule has 0 spiro atoms. The van der Waals surface area contributed by atoms with Gasteiger partial charge in [0.15, 0.2) is 27.8 Å². The first-order valence-electron chi connectivity index (χ1n) is 23.5. The van der Waals surface area contributed by atoms with E-state index in [2.05, 4.69) is 247 Å². The molecule has 10 aromatic carbocycles. The van der Waals surface area contributed by atoms with Crippen LogP contribution in [0.2, 0.25) is 0 Å². The second-order valence-corrected chi connectivity index (χ2v) is 25.1. The third-order valence-corrected chi connectivity index (χ3v) is 23.3. The molecule has 326 valence electrons. The maximum absolute atomic E-state index is 5.36. The van der Waals surface area contributed by atoms with E-state index in [0.717, 1.165) is 32.9 Å². The molecule has 0 fully saturated rings. The summed E-state index contributed by atoms with van der Waals surface area (Å²) in [7, 11) is -5.86. The molecule has 0 aliphatic rings. The Hall–Kier alpha value is -8.56. The lowest BCUT2D eigenvalue weighted by Gasteiger charge is -2.34. The lowest BCUT2D eigenvalue weighted by atomic mass is 10.1. The van der Waals surface area contributed by atoms with Crippen molar-refractivity contribution in [2.45, 2.75) is 0 Å². The summed E-state index contributed by atoms with van der Waals surface area (Å²) in [6.07, 6.45) is 0. The van der Waals surface area contributed by atoms with Gasteiger partial charge in [-0.2, -0.15) is 9.97 Å². The zero-order valence-corrected chi connectivity index (χ0v) is 39.8. The van der Waals surface area contributed by atoms with Gasteiger partial charge in [-0.1, -0.05) is 267 Å². The van der Waals surface area contributed by atoms with Gasteiger partial charge >= 0.3 is 0 Å². The molecule has 0 bridgehead atoms. The number of hydrogen-bond acceptors (Lipinski definition) is 3. The van der Waals surface area contributed by atoms with Crippen molar-refractivity contribution in [2.75, 3.05) is 0 Å². The molecular formula is C63H46N4Si2. The highest BCUT2D eigenvalue weighted by molar-refractivity contribution is 7.20. The van der Waals surface area contributed by atoms with Crippen LogP contribution in [0.1, 0.15) is 0 Å². The van der Waals surface area contributed by atoms with Crippen molar-refractivity contribution in [3.05, 3.63) is 279 Å². The smallest absolute Gasteiger partial charge is 0.238 e. The van der Waals surface area contributed by atoms with Crippen LogP contribution in [0.3, 0.4) is 0 Å². The number of hydrogen-bond donors (Lipinski definition) is 0. The van der Waals surface area contributed by atoms with Gasteiger partial charge in [0.25, 0.3) is 0 Å². The second kappa shape index (κ2) is 17.9. The molecule has 0 atom stereocenters. The molecule has 0 aliphatic carbocycles. The summed E-state index contributed by atoms with van der Waals surface area (Å²) in [5.41, 5.74) is 3.91. The van der Waals surface area contributed by atoms with Crippen LogP contribution in [0.5, 0.6) is 0 Å². The maximum atomic E-state index is 5.36. The molecule has 12 aromatic rings. The highest BCUT2D eigenvalue weighted by atomic mass is 28.3. The molecule has 2 heterocycles. The molecular weight excluding hydrogens is 869 g/mol. The van der Waals surface area contributed by atoms with E-state index in [9.17, 15) is 0 Å². The summed E-state index contributed by atoms with van der Waals surface area (Å²) in [6, 6.07) is 102. The normalized spacial score (nSPS) is 11.8. The largest absolute Gasteiger partial charge is 0.278 e. The number of nitrogens with zero attached hydrogens (tertiary/aromatic N) is 4. The third kappa shape index (κ3) is 7.17. The molecule has 0 N–H and O–H groups in total. The summed E-state index contributed by atoms with van der Waals surface area (Å²) in [6.45, 7) is 0. The average molecular weight is 915 g/mol. The van der Waals surface area contributed by atoms with Crippen molar-refractivity contribution in [1.29, 1.82) is 0 Å². The summed E-state index contributed by atoms with van der Waals surface area (Å²) in [5, 5.41) is 12.8. The van der Waals surface area contributed by atoms with Crippen molar-refractivity contribution in [1.82, 2.24) is 19.5 Å². The first kappa shape index (κ1) is 41.8. The first-order valence-corrected chi connectivity index (χ1v) is 27.5. The van der Waals surface area contributed by atoms with E-state index in [1.54, 1.807) is 0 Å². The van der Waals surface area contributed by atoms with Gasteiger partial charge in [0.2, 0.25) is 5.95 Å². The first-order chi connectivity index (χ1) is 34.2. The van der Waals surface area contributed by atoms with E-state index in [-0.39, 0.29) is 0 Å². The summed E-state index contributed by atoms with van der Waals surface area (Å²) in [4.78, 5) is 15.8. The minimum absolute atomic E-state index is 0.568. The second-order valence-electron chi connectivity index (χ2n) is 17.5. The number of fused-ring (bicyclic) bond motifs is 3. The monoisotopic (exact) mass is 914 g/mol. The standard InChI is InChI=1S/C63H46N4Si2/c1-9-25-47(26-10-1)61-64-62(48-27-11-2-12-28-48)66-63(65-61)67-59-43-41-55(68(49-29-13-3-14-30-49,50-31-15-4-16-32-50)51-33-17-5-18-34-51)45-57(59)58-46-56(42-44-60(58)67)69(52-35-19-6-20-36-52,53-37-21-7-22-38-53)54-39-23-8-24-40-54/h1-46H. The van der Waals surface area contributed by atoms with Crippen LogP contribution >= 0.6 is 0 Å². The van der Waals surface area contributed by atoms with E-state index >= 15 is 0 Å². The molecule has 0 amide bonds. The molecule has 4 nitrogen and oxygen atoms in total. The van der Waals surface area contributed by atoms with Crippen LogP contribution in [0.25, 0.3) is 50.5 Å². The molecule has 2 aromatic heterocycles. The Labute approximate surface area is 404 Å². The van der Waals surface area contributed by atoms with Crippen molar-refractivity contribution in [3.8, 4) is 28.7 Å². The molecule has 6 heteroatoms. The highest BCUT2D eigenvalue weighted by Gasteiger charge is 2.43. The van der Waals surface area contributed by atoms with Crippen molar-refractivity contribution in [3.63, 3.8) is 0 Å². The number of benzene rings is 10. The lowest BCUT2D eigenvalue weighted by Crippen LogP contribution is -2.74. The molecule has 0 unspecified atom stereocenters. The molecule has 0 radical (unpaired) electrons. The quantitative estimate of drug-likeness (QED) is 0.0962. The van der Waals surface area contributed by atoms with Crippen LogP contribution in [0.4, 0.5) is 0 Å². The van der Waals surface area contributed by atoms with Crippen LogP contribution in [-0.4, -0.2) is 35.7 Å². The van der Waals surface area contributed by atoms with E-state index in [1.165, 1.54) is 41.5 Å². The Morgan fingerprint density at radius 2 is 0.507 bits per heavy atom. The predicted octanol–water partition coefficient (Wildman–Crippen LogP) is 9.06. The van der Waals surface area contributed by atoms with E-state index in [4.69, 9.17) is 15.0 Å². The molecule has 69 heavy (non-hydrogen) atoms. The van der Waals surface area contributed by atoms with Crippen LogP contribution in [0.15, 0.2) is 279 Å². The lowest BCUT2D eigenvalue weighted by molar-refractivity contribution is 0.953. The Bertz CT molecular complexity index is 3250. The molecule has 0 saturated heterocycles. The maximum Gasteiger partial charge on any atom is 0.238 e. The number of aromatic nitrogens is 4. The van der Waals surface area contributed by atoms with Crippen LogP contribution < -0.4 is 41.5 Å². The van der Waals surface area contributed by atoms with Gasteiger partial charge in [-0.25, -0.2) is 4.98 Å². The van der Waals surface area contributed by atoms with Gasteiger partial charge < -0.3 is 0 Å². The van der Waals surface area contributed by atoms with Gasteiger partial charge in [0.1, 0.15) is 0 Å². The van der Waals surface area contributed by atoms with Crippen LogP contribution in [0, 0.1) is 0 Å². The Morgan fingerprint density at radius 1 is 0.246 bits per heavy atom. The van der Waals surface area contributed by atoms with Gasteiger partial charge in [0, 0.05) is 21.9 Å². The fraction of sp³-hybridized carbons (Fsp3) is 0. The third-order valence-electron chi connectivity index (χ3n) is 13.8. The van der Waals surface area contributed by atoms with E-state index in [1.807, 2.05) is 36.4 Å². The van der Waals surface area contributed by atoms with Gasteiger partial charge in [0.05, 0.1) is 11.0 Å². The van der Waals surface area contributed by atoms with Crippen LogP contribution in [-0.2, 0) is 0 Å². The average Bonchev–Trinajstić information content (AvgIpc) is 3.77. The number of rotatable bonds is 11. The van der Waals surface area contributed by atoms with Crippen molar-refractivity contribution in [2.24, 2.45) is 0 Å². The van der Waals surface area contributed by atoms with Gasteiger partial charge in [-0.05, 0) is 53.6 Å². The molecule has 0 aliphatic heterocycles. The Morgan fingerprint density at radius 3 is 0.783 bits per heavy atom. The highest BCUT2D eigenvalue weighted by Crippen LogP contribution is 2.33. The van der Waals surface area contributed by atoms with E-state index < -0.39 is 16.1 Å². The van der Waals surface area contributed by atoms with Gasteiger partial charge in [-0.3, -0.25) is 4.57 Å². The Kier molecular flexibility index (Phi) is 10.9. The van der Waals surface area contributed by atoms with E-state index in [0.29, 0.717) is 17.6 Å². The summed E-state index contributed by atoms with van der Waals surface area (Å²) < 4.78 is 2.27. The molecule has 0 saturated carbocycles. The van der Waals surface area contributed by atoms with Crippen molar-refractivity contribution >= 4 is 79.4 Å². The Balaban J connectivity index is 1.22. The summed E-state index contributed by atoms with van der Waals surface area (Å²) >= 11 is 0. The minimum atomic E-state index is -2.93. The predicted molar refractivity (Wildman–Crippen MR) is 292 cm³/mol. The minimum Gasteiger partial charge on any atom is -0.278 e. The zero-order chi connectivity index (χ0) is 46.0. The fourth-order valence-electron chi connectivity index (χ4n) is 10.7. The zero-order valence-electron chi connectivity index (χ0n) is 37.8. The SMILES string of the molecule is c1ccc(-c2nc(-c3ccccc3)nc(-n3c4ccc([Si](c5ccccc5)(c5ccccc5)c5ccccc5)cc4c4cc([Si](c5ccccc5)(c5ccccc5)c5ccccc5)ccc43)n2)cc1. The molecule has 12 rings (SSSR count). The van der Waals surface area contributed by atoms with Gasteiger partial charge in [-0.15, -0.1) is 0 Å².